The van der Waals surface area contributed by atoms with E-state index in [-0.39, 0.29) is 5.56 Å². The fourth-order valence-electron chi connectivity index (χ4n) is 2.93. The number of hydrogen-bond donors (Lipinski definition) is 1. The van der Waals surface area contributed by atoms with Crippen LogP contribution in [0, 0.1) is 6.92 Å². The van der Waals surface area contributed by atoms with Crippen molar-refractivity contribution in [2.24, 2.45) is 0 Å². The number of hydrogen-bond acceptors (Lipinski definition) is 3. The Hall–Kier alpha value is -2.86. The number of aromatic amines is 1. The Bertz CT molecular complexity index is 1120. The lowest BCUT2D eigenvalue weighted by atomic mass is 10.1. The maximum atomic E-state index is 12.5. The van der Waals surface area contributed by atoms with Gasteiger partial charge in [0, 0.05) is 40.7 Å². The second-order valence-corrected chi connectivity index (χ2v) is 6.28. The summed E-state index contributed by atoms with van der Waals surface area (Å²) in [5.74, 6) is 0. The largest absolute Gasteiger partial charge is 0.293 e. The molecule has 0 saturated carbocycles. The molecule has 1 aromatic carbocycles. The van der Waals surface area contributed by atoms with Gasteiger partial charge in [0.25, 0.3) is 5.56 Å². The topological polar surface area (TPSA) is 68.0 Å². The molecule has 3 heterocycles. The molecular formula is C18H16ClN5O. The summed E-state index contributed by atoms with van der Waals surface area (Å²) in [7, 11) is 0. The van der Waals surface area contributed by atoms with Gasteiger partial charge in [-0.1, -0.05) is 23.7 Å². The van der Waals surface area contributed by atoms with Crippen molar-refractivity contribution in [2.45, 2.75) is 20.4 Å². The second kappa shape index (κ2) is 5.89. The fourth-order valence-corrected chi connectivity index (χ4v) is 3.05. The molecule has 0 amide bonds. The van der Waals surface area contributed by atoms with Crippen LogP contribution in [0.2, 0.25) is 5.02 Å². The van der Waals surface area contributed by atoms with Crippen molar-refractivity contribution in [3.63, 3.8) is 0 Å². The van der Waals surface area contributed by atoms with Crippen molar-refractivity contribution in [3.8, 4) is 22.4 Å². The number of aromatic nitrogens is 5. The minimum absolute atomic E-state index is 0.160. The first-order chi connectivity index (χ1) is 12.1. The highest BCUT2D eigenvalue weighted by molar-refractivity contribution is 6.30. The minimum atomic E-state index is -0.160. The van der Waals surface area contributed by atoms with Crippen molar-refractivity contribution in [3.05, 3.63) is 63.8 Å². The quantitative estimate of drug-likeness (QED) is 0.612. The molecule has 25 heavy (non-hydrogen) atoms. The summed E-state index contributed by atoms with van der Waals surface area (Å²) < 4.78 is 3.27. The summed E-state index contributed by atoms with van der Waals surface area (Å²) in [4.78, 5) is 17.3. The van der Waals surface area contributed by atoms with Crippen LogP contribution in [0.3, 0.4) is 0 Å². The van der Waals surface area contributed by atoms with Crippen molar-refractivity contribution in [1.29, 1.82) is 0 Å². The van der Waals surface area contributed by atoms with E-state index in [1.165, 1.54) is 10.6 Å². The van der Waals surface area contributed by atoms with E-state index < -0.39 is 0 Å². The molecule has 1 N–H and O–H groups in total. The van der Waals surface area contributed by atoms with Crippen LogP contribution < -0.4 is 5.56 Å². The van der Waals surface area contributed by atoms with Crippen LogP contribution in [0.1, 0.15) is 12.6 Å². The first-order valence-corrected chi connectivity index (χ1v) is 8.35. The predicted molar refractivity (Wildman–Crippen MR) is 97.9 cm³/mol. The van der Waals surface area contributed by atoms with Gasteiger partial charge in [0.05, 0.1) is 11.9 Å². The lowest BCUT2D eigenvalue weighted by Crippen LogP contribution is -2.14. The molecule has 0 unspecified atom stereocenters. The van der Waals surface area contributed by atoms with Crippen LogP contribution in [0.15, 0.2) is 47.5 Å². The van der Waals surface area contributed by atoms with E-state index in [1.807, 2.05) is 44.3 Å². The van der Waals surface area contributed by atoms with Gasteiger partial charge in [-0.25, -0.2) is 9.50 Å². The first kappa shape index (κ1) is 15.7. The van der Waals surface area contributed by atoms with Gasteiger partial charge in [0.2, 0.25) is 0 Å². The molecule has 4 aromatic rings. The van der Waals surface area contributed by atoms with Crippen molar-refractivity contribution < 1.29 is 0 Å². The van der Waals surface area contributed by atoms with E-state index in [4.69, 9.17) is 16.6 Å². The highest BCUT2D eigenvalue weighted by Crippen LogP contribution is 2.28. The minimum Gasteiger partial charge on any atom is -0.293 e. The number of fused-ring (bicyclic) bond motifs is 1. The molecule has 3 aromatic heterocycles. The maximum Gasteiger partial charge on any atom is 0.273 e. The molecule has 0 aliphatic rings. The van der Waals surface area contributed by atoms with Crippen molar-refractivity contribution in [2.75, 3.05) is 0 Å². The third-order valence-corrected chi connectivity index (χ3v) is 4.43. The highest BCUT2D eigenvalue weighted by Gasteiger charge is 2.15. The maximum absolute atomic E-state index is 12.5. The van der Waals surface area contributed by atoms with Gasteiger partial charge < -0.3 is 0 Å². The number of aryl methyl sites for hydroxylation is 2. The van der Waals surface area contributed by atoms with Gasteiger partial charge in [0.15, 0.2) is 5.65 Å². The van der Waals surface area contributed by atoms with Gasteiger partial charge in [-0.15, -0.1) is 0 Å². The van der Waals surface area contributed by atoms with E-state index in [0.717, 1.165) is 28.9 Å². The average Bonchev–Trinajstić information content (AvgIpc) is 3.20. The lowest BCUT2D eigenvalue weighted by Gasteiger charge is -2.02. The SMILES string of the molecule is CCn1cc(-c2cc(=O)n3[nH]c(C)c(-c4ccc(Cl)cc4)c3n2)cn1. The van der Waals surface area contributed by atoms with Crippen LogP contribution in [0.4, 0.5) is 0 Å². The Morgan fingerprint density at radius 3 is 2.64 bits per heavy atom. The van der Waals surface area contributed by atoms with E-state index in [2.05, 4.69) is 10.2 Å². The molecule has 0 aliphatic carbocycles. The molecule has 0 aliphatic heterocycles. The monoisotopic (exact) mass is 353 g/mol. The lowest BCUT2D eigenvalue weighted by molar-refractivity contribution is 0.660. The highest BCUT2D eigenvalue weighted by atomic mass is 35.5. The molecule has 0 spiro atoms. The summed E-state index contributed by atoms with van der Waals surface area (Å²) in [6.07, 6.45) is 3.61. The molecule has 0 radical (unpaired) electrons. The van der Waals surface area contributed by atoms with Crippen LogP contribution in [0.25, 0.3) is 28.0 Å². The number of H-pyrrole nitrogens is 1. The third kappa shape index (κ3) is 2.64. The Morgan fingerprint density at radius 1 is 1.20 bits per heavy atom. The molecule has 126 valence electrons. The van der Waals surface area contributed by atoms with Crippen LogP contribution in [0.5, 0.6) is 0 Å². The van der Waals surface area contributed by atoms with Crippen LogP contribution in [-0.4, -0.2) is 24.4 Å². The molecule has 0 atom stereocenters. The summed E-state index contributed by atoms with van der Waals surface area (Å²) in [6, 6.07) is 9.02. The van der Waals surface area contributed by atoms with Crippen molar-refractivity contribution in [1.82, 2.24) is 24.4 Å². The van der Waals surface area contributed by atoms with Gasteiger partial charge in [0.1, 0.15) is 0 Å². The molecule has 7 heteroatoms. The molecule has 0 saturated heterocycles. The zero-order valence-corrected chi connectivity index (χ0v) is 14.6. The number of nitrogens with one attached hydrogen (secondary N) is 1. The normalized spacial score (nSPS) is 11.3. The molecule has 4 rings (SSSR count). The Balaban J connectivity index is 1.96. The Morgan fingerprint density at radius 2 is 1.96 bits per heavy atom. The predicted octanol–water partition coefficient (Wildman–Crippen LogP) is 3.53. The number of halogens is 1. The number of benzene rings is 1. The van der Waals surface area contributed by atoms with E-state index >= 15 is 0 Å². The van der Waals surface area contributed by atoms with E-state index in [0.29, 0.717) is 16.4 Å². The Labute approximate surface area is 148 Å². The van der Waals surface area contributed by atoms with Gasteiger partial charge in [-0.05, 0) is 31.5 Å². The zero-order chi connectivity index (χ0) is 17.6. The summed E-state index contributed by atoms with van der Waals surface area (Å²) in [5, 5.41) is 8.02. The molecular weight excluding hydrogens is 338 g/mol. The molecule has 0 fully saturated rings. The zero-order valence-electron chi connectivity index (χ0n) is 13.8. The first-order valence-electron chi connectivity index (χ1n) is 7.98. The van der Waals surface area contributed by atoms with E-state index in [9.17, 15) is 4.79 Å². The molecule has 6 nitrogen and oxygen atoms in total. The van der Waals surface area contributed by atoms with Gasteiger partial charge in [-0.3, -0.25) is 14.6 Å². The smallest absolute Gasteiger partial charge is 0.273 e. The summed E-state index contributed by atoms with van der Waals surface area (Å²) in [5.41, 5.74) is 4.57. The molecule has 0 bridgehead atoms. The third-order valence-electron chi connectivity index (χ3n) is 4.18. The van der Waals surface area contributed by atoms with Gasteiger partial charge in [-0.2, -0.15) is 5.10 Å². The second-order valence-electron chi connectivity index (χ2n) is 5.84. The number of nitrogens with zero attached hydrogens (tertiary/aromatic N) is 4. The fraction of sp³-hybridized carbons (Fsp3) is 0.167. The van der Waals surface area contributed by atoms with Gasteiger partial charge >= 0.3 is 0 Å². The van der Waals surface area contributed by atoms with E-state index in [1.54, 1.807) is 10.9 Å². The van der Waals surface area contributed by atoms with Crippen molar-refractivity contribution >= 4 is 17.2 Å². The Kier molecular flexibility index (Phi) is 3.69. The van der Waals surface area contributed by atoms with Crippen LogP contribution >= 0.6 is 11.6 Å². The summed E-state index contributed by atoms with van der Waals surface area (Å²) >= 11 is 5.99. The average molecular weight is 354 g/mol. The standard InChI is InChI=1S/C18H16ClN5O/c1-3-23-10-13(9-20-23)15-8-16(25)24-18(21-15)17(11(2)22-24)12-4-6-14(19)7-5-12/h4-10,22H,3H2,1-2H3. The summed E-state index contributed by atoms with van der Waals surface area (Å²) in [6.45, 7) is 4.70. The van der Waals surface area contributed by atoms with Crippen LogP contribution in [-0.2, 0) is 6.54 Å². The number of rotatable bonds is 3.